The van der Waals surface area contributed by atoms with E-state index in [2.05, 4.69) is 15.7 Å². The number of hydrogen-bond acceptors (Lipinski definition) is 2. The molecular weight excluding hydrogens is 264 g/mol. The van der Waals surface area contributed by atoms with Crippen LogP contribution in [0.1, 0.15) is 6.92 Å². The number of rotatable bonds is 4. The quantitative estimate of drug-likeness (QED) is 0.903. The summed E-state index contributed by atoms with van der Waals surface area (Å²) >= 11 is 5.77. The highest BCUT2D eigenvalue weighted by Crippen LogP contribution is 2.13. The summed E-state index contributed by atoms with van der Waals surface area (Å²) in [5.74, 6) is 0. The second-order valence-electron chi connectivity index (χ2n) is 4.23. The van der Waals surface area contributed by atoms with E-state index in [1.54, 1.807) is 35.1 Å². The zero-order valence-corrected chi connectivity index (χ0v) is 11.3. The second kappa shape index (κ2) is 6.24. The van der Waals surface area contributed by atoms with Crippen molar-refractivity contribution in [3.05, 3.63) is 47.7 Å². The van der Waals surface area contributed by atoms with Crippen LogP contribution in [0.3, 0.4) is 0 Å². The molecule has 0 spiro atoms. The van der Waals surface area contributed by atoms with Gasteiger partial charge in [0.05, 0.1) is 6.54 Å². The van der Waals surface area contributed by atoms with E-state index < -0.39 is 0 Å². The molecule has 5 nitrogen and oxygen atoms in total. The summed E-state index contributed by atoms with van der Waals surface area (Å²) in [7, 11) is 0. The molecular formula is C13H15ClN4O. The molecule has 0 radical (unpaired) electrons. The molecule has 0 saturated heterocycles. The Morgan fingerprint density at radius 1 is 1.42 bits per heavy atom. The van der Waals surface area contributed by atoms with Crippen molar-refractivity contribution in [3.8, 4) is 0 Å². The molecule has 1 aromatic heterocycles. The number of aromatic nitrogens is 2. The average molecular weight is 279 g/mol. The van der Waals surface area contributed by atoms with Crippen LogP contribution in [0.25, 0.3) is 0 Å². The van der Waals surface area contributed by atoms with Crippen molar-refractivity contribution in [2.75, 3.05) is 5.32 Å². The molecule has 1 atom stereocenters. The SMILES string of the molecule is C[C@@H](Cn1cccn1)NC(=O)Nc1ccc(Cl)cc1. The number of carbonyl (C=O) groups is 1. The highest BCUT2D eigenvalue weighted by molar-refractivity contribution is 6.30. The lowest BCUT2D eigenvalue weighted by Crippen LogP contribution is -2.38. The van der Waals surface area contributed by atoms with Gasteiger partial charge in [0.25, 0.3) is 0 Å². The van der Waals surface area contributed by atoms with Gasteiger partial charge < -0.3 is 10.6 Å². The predicted octanol–water partition coefficient (Wildman–Crippen LogP) is 2.75. The third-order valence-corrected chi connectivity index (χ3v) is 2.75. The Bertz CT molecular complexity index is 524. The van der Waals surface area contributed by atoms with Crippen LogP contribution < -0.4 is 10.6 Å². The summed E-state index contributed by atoms with van der Waals surface area (Å²) in [4.78, 5) is 11.8. The minimum atomic E-state index is -0.248. The molecule has 0 fully saturated rings. The van der Waals surface area contributed by atoms with Crippen LogP contribution in [-0.2, 0) is 6.54 Å². The van der Waals surface area contributed by atoms with Crippen LogP contribution in [0.15, 0.2) is 42.7 Å². The average Bonchev–Trinajstić information content (AvgIpc) is 2.84. The zero-order valence-electron chi connectivity index (χ0n) is 10.5. The molecule has 0 aliphatic carbocycles. The molecule has 1 heterocycles. The van der Waals surface area contributed by atoms with E-state index in [-0.39, 0.29) is 12.1 Å². The maximum atomic E-state index is 11.8. The molecule has 1 aromatic carbocycles. The largest absolute Gasteiger partial charge is 0.334 e. The smallest absolute Gasteiger partial charge is 0.319 e. The molecule has 0 unspecified atom stereocenters. The maximum absolute atomic E-state index is 11.8. The molecule has 0 aliphatic rings. The zero-order chi connectivity index (χ0) is 13.7. The number of nitrogens with one attached hydrogen (secondary N) is 2. The first kappa shape index (κ1) is 13.4. The van der Waals surface area contributed by atoms with Crippen LogP contribution in [-0.4, -0.2) is 21.9 Å². The number of carbonyl (C=O) groups excluding carboxylic acids is 1. The predicted molar refractivity (Wildman–Crippen MR) is 75.3 cm³/mol. The standard InChI is InChI=1S/C13H15ClN4O/c1-10(9-18-8-2-7-15-18)16-13(19)17-12-5-3-11(14)4-6-12/h2-8,10H,9H2,1H3,(H2,16,17,19)/t10-/m0/s1. The van der Waals surface area contributed by atoms with Crippen molar-refractivity contribution < 1.29 is 4.79 Å². The Balaban J connectivity index is 1.82. The fraction of sp³-hybridized carbons (Fsp3) is 0.231. The van der Waals surface area contributed by atoms with Crippen molar-refractivity contribution >= 4 is 23.3 Å². The number of urea groups is 1. The molecule has 2 rings (SSSR count). The number of nitrogens with zero attached hydrogens (tertiary/aromatic N) is 2. The monoisotopic (exact) mass is 278 g/mol. The van der Waals surface area contributed by atoms with E-state index in [1.165, 1.54) is 0 Å². The maximum Gasteiger partial charge on any atom is 0.319 e. The lowest BCUT2D eigenvalue weighted by molar-refractivity contribution is 0.247. The van der Waals surface area contributed by atoms with Crippen LogP contribution in [0.4, 0.5) is 10.5 Å². The Morgan fingerprint density at radius 2 is 2.16 bits per heavy atom. The Hall–Kier alpha value is -2.01. The molecule has 0 saturated carbocycles. The van der Waals surface area contributed by atoms with Crippen molar-refractivity contribution in [3.63, 3.8) is 0 Å². The fourth-order valence-corrected chi connectivity index (χ4v) is 1.78. The summed E-state index contributed by atoms with van der Waals surface area (Å²) in [5.41, 5.74) is 0.702. The van der Waals surface area contributed by atoms with Crippen molar-refractivity contribution in [2.45, 2.75) is 19.5 Å². The normalized spacial score (nSPS) is 11.9. The highest BCUT2D eigenvalue weighted by Gasteiger charge is 2.08. The lowest BCUT2D eigenvalue weighted by Gasteiger charge is -2.14. The third-order valence-electron chi connectivity index (χ3n) is 2.50. The topological polar surface area (TPSA) is 59.0 Å². The van der Waals surface area contributed by atoms with Gasteiger partial charge in [-0.3, -0.25) is 4.68 Å². The number of amides is 2. The van der Waals surface area contributed by atoms with Gasteiger partial charge >= 0.3 is 6.03 Å². The Morgan fingerprint density at radius 3 is 2.79 bits per heavy atom. The van der Waals surface area contributed by atoms with Gasteiger partial charge in [-0.1, -0.05) is 11.6 Å². The van der Waals surface area contributed by atoms with Gasteiger partial charge in [0, 0.05) is 29.1 Å². The lowest BCUT2D eigenvalue weighted by atomic mass is 10.3. The Kier molecular flexibility index (Phi) is 4.41. The second-order valence-corrected chi connectivity index (χ2v) is 4.67. The van der Waals surface area contributed by atoms with Crippen LogP contribution >= 0.6 is 11.6 Å². The molecule has 0 bridgehead atoms. The summed E-state index contributed by atoms with van der Waals surface area (Å²) in [6, 6.07) is 8.53. The molecule has 2 aromatic rings. The molecule has 19 heavy (non-hydrogen) atoms. The van der Waals surface area contributed by atoms with Gasteiger partial charge in [0.2, 0.25) is 0 Å². The first-order valence-electron chi connectivity index (χ1n) is 5.94. The van der Waals surface area contributed by atoms with Crippen molar-refractivity contribution in [1.29, 1.82) is 0 Å². The number of halogens is 1. The summed E-state index contributed by atoms with van der Waals surface area (Å²) in [6.07, 6.45) is 3.57. The van der Waals surface area contributed by atoms with E-state index in [9.17, 15) is 4.79 Å². The van der Waals surface area contributed by atoms with E-state index in [0.717, 1.165) is 0 Å². The van der Waals surface area contributed by atoms with Crippen LogP contribution in [0.5, 0.6) is 0 Å². The van der Waals surface area contributed by atoms with E-state index in [1.807, 2.05) is 19.2 Å². The van der Waals surface area contributed by atoms with E-state index >= 15 is 0 Å². The Labute approximate surface area is 116 Å². The molecule has 2 amide bonds. The number of hydrogen-bond donors (Lipinski definition) is 2. The van der Waals surface area contributed by atoms with E-state index in [4.69, 9.17) is 11.6 Å². The molecule has 2 N–H and O–H groups in total. The molecule has 0 aliphatic heterocycles. The molecule has 6 heteroatoms. The van der Waals surface area contributed by atoms with Crippen molar-refractivity contribution in [1.82, 2.24) is 15.1 Å². The van der Waals surface area contributed by atoms with Crippen LogP contribution in [0.2, 0.25) is 5.02 Å². The highest BCUT2D eigenvalue weighted by atomic mass is 35.5. The fourth-order valence-electron chi connectivity index (χ4n) is 1.66. The summed E-state index contributed by atoms with van der Waals surface area (Å²) in [6.45, 7) is 2.55. The number of benzene rings is 1. The van der Waals surface area contributed by atoms with Gasteiger partial charge in [-0.15, -0.1) is 0 Å². The van der Waals surface area contributed by atoms with Gasteiger partial charge in [0.15, 0.2) is 0 Å². The number of anilines is 1. The summed E-state index contributed by atoms with van der Waals surface area (Å²) in [5, 5.41) is 10.3. The minimum absolute atomic E-state index is 0.0211. The minimum Gasteiger partial charge on any atom is -0.334 e. The first-order chi connectivity index (χ1) is 9.13. The van der Waals surface area contributed by atoms with Gasteiger partial charge in [-0.2, -0.15) is 5.10 Å². The van der Waals surface area contributed by atoms with Gasteiger partial charge in [-0.05, 0) is 37.3 Å². The molecule has 100 valence electrons. The summed E-state index contributed by atoms with van der Waals surface area (Å²) < 4.78 is 1.77. The van der Waals surface area contributed by atoms with Crippen molar-refractivity contribution in [2.24, 2.45) is 0 Å². The first-order valence-corrected chi connectivity index (χ1v) is 6.32. The van der Waals surface area contributed by atoms with Crippen LogP contribution in [0, 0.1) is 0 Å². The van der Waals surface area contributed by atoms with Gasteiger partial charge in [0.1, 0.15) is 0 Å². The van der Waals surface area contributed by atoms with Gasteiger partial charge in [-0.25, -0.2) is 4.79 Å². The van der Waals surface area contributed by atoms with E-state index in [0.29, 0.717) is 17.3 Å². The third kappa shape index (κ3) is 4.30.